The van der Waals surface area contributed by atoms with Gasteiger partial charge in [0.1, 0.15) is 11.7 Å². The van der Waals surface area contributed by atoms with Gasteiger partial charge >= 0.3 is 18.2 Å². The molecule has 2 amide bonds. The number of carboxylic acid groups (broad SMARTS) is 1. The second-order valence-electron chi connectivity index (χ2n) is 5.79. The number of amides is 2. The van der Waals surface area contributed by atoms with Gasteiger partial charge in [0.25, 0.3) is 0 Å². The van der Waals surface area contributed by atoms with Gasteiger partial charge in [0.15, 0.2) is 0 Å². The third-order valence-corrected chi connectivity index (χ3v) is 3.21. The number of carbonyl (C=O) groups is 3. The molecule has 1 heterocycles. The van der Waals surface area contributed by atoms with Crippen molar-refractivity contribution in [2.24, 2.45) is 5.92 Å². The quantitative estimate of drug-likeness (QED) is 0.778. The van der Waals surface area contributed by atoms with Crippen LogP contribution in [0.15, 0.2) is 0 Å². The smallest absolute Gasteiger partial charge is 0.420 e. The molecule has 0 bridgehead atoms. The average molecular weight is 271 g/mol. The van der Waals surface area contributed by atoms with Crippen molar-refractivity contribution in [3.8, 4) is 0 Å². The van der Waals surface area contributed by atoms with Gasteiger partial charge in [0.05, 0.1) is 12.0 Å². The molecule has 1 saturated carbocycles. The molecule has 3 atom stereocenters. The van der Waals surface area contributed by atoms with Crippen LogP contribution in [0.5, 0.6) is 0 Å². The Kier molecular flexibility index (Phi) is 3.15. The molecule has 1 aliphatic heterocycles. The zero-order valence-corrected chi connectivity index (χ0v) is 11.1. The van der Waals surface area contributed by atoms with Crippen LogP contribution in [0.1, 0.15) is 33.6 Å². The maximum Gasteiger partial charge on any atom is 0.420 e. The van der Waals surface area contributed by atoms with Gasteiger partial charge in [-0.3, -0.25) is 4.79 Å². The fourth-order valence-electron chi connectivity index (χ4n) is 2.50. The first-order chi connectivity index (χ1) is 8.70. The molecule has 106 valence electrons. The highest BCUT2D eigenvalue weighted by atomic mass is 16.6. The monoisotopic (exact) mass is 271 g/mol. The molecule has 3 unspecified atom stereocenters. The van der Waals surface area contributed by atoms with Crippen molar-refractivity contribution in [1.82, 2.24) is 4.90 Å². The standard InChI is InChI=1S/C12H17NO6/c1-12(2,3)19-11(17)13-8-6(9(14)15)4-5-7(8)18-10(13)16/h6-8H,4-5H2,1-3H3,(H,14,15). The minimum Gasteiger partial charge on any atom is -0.481 e. The van der Waals surface area contributed by atoms with Crippen molar-refractivity contribution in [2.75, 3.05) is 0 Å². The first-order valence-electron chi connectivity index (χ1n) is 6.16. The van der Waals surface area contributed by atoms with E-state index in [4.69, 9.17) is 14.6 Å². The van der Waals surface area contributed by atoms with Gasteiger partial charge in [-0.1, -0.05) is 0 Å². The van der Waals surface area contributed by atoms with Gasteiger partial charge < -0.3 is 14.6 Å². The molecular weight excluding hydrogens is 254 g/mol. The van der Waals surface area contributed by atoms with Crippen molar-refractivity contribution in [1.29, 1.82) is 0 Å². The van der Waals surface area contributed by atoms with Gasteiger partial charge in [-0.25, -0.2) is 14.5 Å². The Morgan fingerprint density at radius 1 is 1.37 bits per heavy atom. The van der Waals surface area contributed by atoms with Gasteiger partial charge in [0, 0.05) is 0 Å². The van der Waals surface area contributed by atoms with Gasteiger partial charge in [-0.15, -0.1) is 0 Å². The number of aliphatic carboxylic acids is 1. The number of hydrogen-bond acceptors (Lipinski definition) is 5. The van der Waals surface area contributed by atoms with Crippen LogP contribution >= 0.6 is 0 Å². The molecule has 1 N–H and O–H groups in total. The molecule has 7 heteroatoms. The van der Waals surface area contributed by atoms with E-state index in [-0.39, 0.29) is 0 Å². The minimum atomic E-state index is -1.03. The lowest BCUT2D eigenvalue weighted by Gasteiger charge is -2.26. The Labute approximate surface area is 110 Å². The van der Waals surface area contributed by atoms with Gasteiger partial charge in [-0.2, -0.15) is 0 Å². The van der Waals surface area contributed by atoms with Crippen molar-refractivity contribution >= 4 is 18.2 Å². The summed E-state index contributed by atoms with van der Waals surface area (Å²) in [5, 5.41) is 9.13. The van der Waals surface area contributed by atoms with Crippen LogP contribution in [-0.2, 0) is 14.3 Å². The van der Waals surface area contributed by atoms with E-state index in [1.807, 2.05) is 0 Å². The first kappa shape index (κ1) is 13.6. The number of imide groups is 1. The molecule has 0 aromatic heterocycles. The highest BCUT2D eigenvalue weighted by molar-refractivity contribution is 5.91. The van der Waals surface area contributed by atoms with Crippen molar-refractivity contribution in [3.05, 3.63) is 0 Å². The average Bonchev–Trinajstić information content (AvgIpc) is 2.71. The molecule has 1 saturated heterocycles. The molecule has 19 heavy (non-hydrogen) atoms. The van der Waals surface area contributed by atoms with Crippen LogP contribution in [0.3, 0.4) is 0 Å². The fraction of sp³-hybridized carbons (Fsp3) is 0.750. The van der Waals surface area contributed by atoms with Crippen molar-refractivity contribution < 1.29 is 29.0 Å². The molecule has 2 fully saturated rings. The predicted molar refractivity (Wildman–Crippen MR) is 62.5 cm³/mol. The topological polar surface area (TPSA) is 93.1 Å². The number of nitrogens with zero attached hydrogens (tertiary/aromatic N) is 1. The third kappa shape index (κ3) is 2.50. The Bertz CT molecular complexity index is 426. The summed E-state index contributed by atoms with van der Waals surface area (Å²) < 4.78 is 10.2. The van der Waals surface area contributed by atoms with Crippen LogP contribution in [0.25, 0.3) is 0 Å². The molecule has 0 radical (unpaired) electrons. The molecule has 0 aromatic rings. The summed E-state index contributed by atoms with van der Waals surface area (Å²) in [4.78, 5) is 35.7. The number of carbonyl (C=O) groups excluding carboxylic acids is 2. The highest BCUT2D eigenvalue weighted by Crippen LogP contribution is 2.38. The maximum atomic E-state index is 12.0. The Morgan fingerprint density at radius 3 is 2.53 bits per heavy atom. The lowest BCUT2D eigenvalue weighted by molar-refractivity contribution is -0.142. The first-order valence-corrected chi connectivity index (χ1v) is 6.16. The number of ether oxygens (including phenoxy) is 2. The normalized spacial score (nSPS) is 29.9. The van der Waals surface area contributed by atoms with Crippen LogP contribution in [0, 0.1) is 5.92 Å². The zero-order valence-electron chi connectivity index (χ0n) is 11.1. The molecular formula is C12H17NO6. The second kappa shape index (κ2) is 4.40. The molecule has 0 aromatic carbocycles. The van der Waals surface area contributed by atoms with Crippen LogP contribution < -0.4 is 0 Å². The molecule has 2 rings (SSSR count). The van der Waals surface area contributed by atoms with E-state index < -0.39 is 41.8 Å². The van der Waals surface area contributed by atoms with E-state index >= 15 is 0 Å². The van der Waals surface area contributed by atoms with E-state index in [0.717, 1.165) is 4.90 Å². The lowest BCUT2D eigenvalue weighted by atomic mass is 10.0. The third-order valence-electron chi connectivity index (χ3n) is 3.21. The second-order valence-corrected chi connectivity index (χ2v) is 5.79. The summed E-state index contributed by atoms with van der Waals surface area (Å²) in [6, 6.07) is -0.764. The Balaban J connectivity index is 2.20. The zero-order chi connectivity index (χ0) is 14.4. The number of fused-ring (bicyclic) bond motifs is 1. The Hall–Kier alpha value is -1.79. The van der Waals surface area contributed by atoms with E-state index in [0.29, 0.717) is 12.8 Å². The fourth-order valence-corrected chi connectivity index (χ4v) is 2.50. The summed E-state index contributed by atoms with van der Waals surface area (Å²) in [7, 11) is 0. The molecule has 7 nitrogen and oxygen atoms in total. The summed E-state index contributed by atoms with van der Waals surface area (Å²) in [6.07, 6.45) is -1.38. The number of rotatable bonds is 1. The molecule has 1 aliphatic carbocycles. The van der Waals surface area contributed by atoms with Crippen LogP contribution in [0.4, 0.5) is 9.59 Å². The van der Waals surface area contributed by atoms with E-state index in [1.165, 1.54) is 0 Å². The lowest BCUT2D eigenvalue weighted by Crippen LogP contribution is -2.47. The minimum absolute atomic E-state index is 0.386. The van der Waals surface area contributed by atoms with E-state index in [1.54, 1.807) is 20.8 Å². The van der Waals surface area contributed by atoms with Gasteiger partial charge in [0.2, 0.25) is 0 Å². The van der Waals surface area contributed by atoms with Gasteiger partial charge in [-0.05, 0) is 33.6 Å². The highest BCUT2D eigenvalue weighted by Gasteiger charge is 2.56. The summed E-state index contributed by atoms with van der Waals surface area (Å²) in [5.41, 5.74) is -0.757. The van der Waals surface area contributed by atoms with E-state index in [2.05, 4.69) is 0 Å². The summed E-state index contributed by atoms with van der Waals surface area (Å²) >= 11 is 0. The summed E-state index contributed by atoms with van der Waals surface area (Å²) in [6.45, 7) is 5.02. The Morgan fingerprint density at radius 2 is 2.00 bits per heavy atom. The number of carboxylic acids is 1. The predicted octanol–water partition coefficient (Wildman–Crippen LogP) is 1.61. The van der Waals surface area contributed by atoms with E-state index in [9.17, 15) is 14.4 Å². The maximum absolute atomic E-state index is 12.0. The molecule has 2 aliphatic rings. The van der Waals surface area contributed by atoms with Crippen molar-refractivity contribution in [3.63, 3.8) is 0 Å². The molecule has 0 spiro atoms. The summed E-state index contributed by atoms with van der Waals surface area (Å²) in [5.74, 6) is -1.82. The number of hydrogen-bond donors (Lipinski definition) is 1. The van der Waals surface area contributed by atoms with Crippen LogP contribution in [0.2, 0.25) is 0 Å². The SMILES string of the molecule is CC(C)(C)OC(=O)N1C(=O)OC2CCC(C(=O)O)C21. The van der Waals surface area contributed by atoms with Crippen LogP contribution in [-0.4, -0.2) is 45.9 Å². The largest absolute Gasteiger partial charge is 0.481 e. The van der Waals surface area contributed by atoms with Crippen molar-refractivity contribution in [2.45, 2.75) is 51.4 Å².